The predicted molar refractivity (Wildman–Crippen MR) is 59.6 cm³/mol. The molecule has 0 saturated carbocycles. The van der Waals surface area contributed by atoms with Crippen molar-refractivity contribution < 1.29 is 9.53 Å². The van der Waals surface area contributed by atoms with E-state index in [1.54, 1.807) is 12.1 Å². The molecule has 0 bridgehead atoms. The third-order valence-electron chi connectivity index (χ3n) is 2.51. The Hall–Kier alpha value is -1.86. The second-order valence-corrected chi connectivity index (χ2v) is 3.54. The van der Waals surface area contributed by atoms with Gasteiger partial charge in [0, 0.05) is 0 Å². The lowest BCUT2D eigenvalue weighted by Crippen LogP contribution is -2.33. The molecule has 4 heteroatoms. The summed E-state index contributed by atoms with van der Waals surface area (Å²) in [6, 6.07) is 6.79. The predicted octanol–water partition coefficient (Wildman–Crippen LogP) is 0.909. The van der Waals surface area contributed by atoms with E-state index in [-0.39, 0.29) is 0 Å². The Balaban J connectivity index is 2.90. The first-order valence-electron chi connectivity index (χ1n) is 4.92. The quantitative estimate of drug-likeness (QED) is 0.765. The van der Waals surface area contributed by atoms with Gasteiger partial charge < -0.3 is 10.5 Å². The van der Waals surface area contributed by atoms with E-state index in [2.05, 4.69) is 10.8 Å². The van der Waals surface area contributed by atoms with E-state index in [0.29, 0.717) is 12.0 Å². The molecule has 0 radical (unpaired) electrons. The number of hydrogen-bond acceptors (Lipinski definition) is 4. The Morgan fingerprint density at radius 2 is 2.31 bits per heavy atom. The van der Waals surface area contributed by atoms with Crippen LogP contribution in [0.2, 0.25) is 0 Å². The lowest BCUT2D eigenvalue weighted by molar-refractivity contribution is -0.142. The smallest absolute Gasteiger partial charge is 0.322 e. The minimum absolute atomic E-state index is 0.383. The molecule has 1 rings (SSSR count). The maximum absolute atomic E-state index is 11.2. The zero-order chi connectivity index (χ0) is 12.1. The lowest BCUT2D eigenvalue weighted by Gasteiger charge is -2.11. The molecule has 1 atom stereocenters. The first-order valence-corrected chi connectivity index (χ1v) is 4.92. The van der Waals surface area contributed by atoms with Gasteiger partial charge in [-0.2, -0.15) is 5.26 Å². The maximum atomic E-state index is 11.2. The van der Waals surface area contributed by atoms with Gasteiger partial charge in [0.05, 0.1) is 18.7 Å². The molecule has 2 N–H and O–H groups in total. The highest BCUT2D eigenvalue weighted by atomic mass is 16.5. The maximum Gasteiger partial charge on any atom is 0.322 e. The molecule has 0 unspecified atom stereocenters. The monoisotopic (exact) mass is 218 g/mol. The van der Waals surface area contributed by atoms with E-state index in [1.165, 1.54) is 7.11 Å². The number of methoxy groups -OCH3 is 1. The number of rotatable bonds is 3. The van der Waals surface area contributed by atoms with Gasteiger partial charge in [0.15, 0.2) is 0 Å². The van der Waals surface area contributed by atoms with Crippen LogP contribution in [0.1, 0.15) is 16.7 Å². The molecule has 4 nitrogen and oxygen atoms in total. The zero-order valence-electron chi connectivity index (χ0n) is 9.36. The van der Waals surface area contributed by atoms with E-state index in [9.17, 15) is 4.79 Å². The Labute approximate surface area is 94.6 Å². The van der Waals surface area contributed by atoms with Crippen LogP contribution in [0.15, 0.2) is 18.2 Å². The third-order valence-corrected chi connectivity index (χ3v) is 2.51. The molecule has 0 fully saturated rings. The Bertz CT molecular complexity index is 435. The fourth-order valence-corrected chi connectivity index (χ4v) is 1.50. The van der Waals surface area contributed by atoms with Crippen molar-refractivity contribution in [3.05, 3.63) is 34.9 Å². The van der Waals surface area contributed by atoms with Gasteiger partial charge >= 0.3 is 5.97 Å². The molecule has 1 aromatic rings. The van der Waals surface area contributed by atoms with Crippen molar-refractivity contribution >= 4 is 5.97 Å². The van der Waals surface area contributed by atoms with Gasteiger partial charge in [-0.1, -0.05) is 12.1 Å². The number of ether oxygens (including phenoxy) is 1. The highest BCUT2D eigenvalue weighted by Gasteiger charge is 2.15. The third kappa shape index (κ3) is 2.59. The van der Waals surface area contributed by atoms with Crippen LogP contribution in [-0.4, -0.2) is 19.1 Å². The van der Waals surface area contributed by atoms with E-state index in [0.717, 1.165) is 11.1 Å². The molecular formula is C12H14N2O2. The molecule has 0 heterocycles. The summed E-state index contributed by atoms with van der Waals surface area (Å²) < 4.78 is 4.55. The van der Waals surface area contributed by atoms with Crippen molar-refractivity contribution in [1.82, 2.24) is 0 Å². The Morgan fingerprint density at radius 3 is 2.88 bits per heavy atom. The molecule has 0 aromatic heterocycles. The number of nitrogens with two attached hydrogens (primary N) is 1. The van der Waals surface area contributed by atoms with Gasteiger partial charge in [-0.05, 0) is 30.5 Å². The van der Waals surface area contributed by atoms with Crippen molar-refractivity contribution in [2.75, 3.05) is 7.11 Å². The van der Waals surface area contributed by atoms with Crippen LogP contribution in [-0.2, 0) is 16.0 Å². The fourth-order valence-electron chi connectivity index (χ4n) is 1.50. The van der Waals surface area contributed by atoms with E-state index < -0.39 is 12.0 Å². The van der Waals surface area contributed by atoms with Crippen LogP contribution in [0.4, 0.5) is 0 Å². The second-order valence-electron chi connectivity index (χ2n) is 3.54. The van der Waals surface area contributed by atoms with E-state index in [1.807, 2.05) is 13.0 Å². The number of carbonyl (C=O) groups excluding carboxylic acids is 1. The first-order chi connectivity index (χ1) is 7.60. The fraction of sp³-hybridized carbons (Fsp3) is 0.333. The number of nitrogens with zero attached hydrogens (tertiary/aromatic N) is 1. The summed E-state index contributed by atoms with van der Waals surface area (Å²) in [5, 5.41) is 8.86. The summed E-state index contributed by atoms with van der Waals surface area (Å²) in [5.74, 6) is -0.443. The average molecular weight is 218 g/mol. The average Bonchev–Trinajstić information content (AvgIpc) is 2.30. The summed E-state index contributed by atoms with van der Waals surface area (Å²) in [4.78, 5) is 11.2. The van der Waals surface area contributed by atoms with Gasteiger partial charge in [-0.15, -0.1) is 0 Å². The minimum atomic E-state index is -0.683. The normalized spacial score (nSPS) is 11.6. The van der Waals surface area contributed by atoms with Crippen molar-refractivity contribution in [3.8, 4) is 6.07 Å². The highest BCUT2D eigenvalue weighted by Crippen LogP contribution is 2.14. The van der Waals surface area contributed by atoms with Crippen LogP contribution in [0, 0.1) is 18.3 Å². The van der Waals surface area contributed by atoms with Gasteiger partial charge in [-0.25, -0.2) is 0 Å². The summed E-state index contributed by atoms with van der Waals surface area (Å²) in [7, 11) is 1.31. The molecular weight excluding hydrogens is 204 g/mol. The molecule has 1 aromatic carbocycles. The summed E-state index contributed by atoms with van der Waals surface area (Å²) in [6.07, 6.45) is 0.383. The number of nitriles is 1. The van der Waals surface area contributed by atoms with E-state index >= 15 is 0 Å². The summed E-state index contributed by atoms with van der Waals surface area (Å²) >= 11 is 0. The SMILES string of the molecule is COC(=O)[C@@H](N)Cc1cccc(C#N)c1C. The number of hydrogen-bond donors (Lipinski definition) is 1. The van der Waals surface area contributed by atoms with Gasteiger partial charge in [-0.3, -0.25) is 4.79 Å². The lowest BCUT2D eigenvalue weighted by atomic mass is 9.98. The van der Waals surface area contributed by atoms with Gasteiger partial charge in [0.1, 0.15) is 6.04 Å². The van der Waals surface area contributed by atoms with Gasteiger partial charge in [0.2, 0.25) is 0 Å². The van der Waals surface area contributed by atoms with Crippen molar-refractivity contribution in [2.24, 2.45) is 5.73 Å². The van der Waals surface area contributed by atoms with E-state index in [4.69, 9.17) is 11.0 Å². The number of esters is 1. The van der Waals surface area contributed by atoms with Crippen LogP contribution in [0.25, 0.3) is 0 Å². The molecule has 0 aliphatic heterocycles. The molecule has 0 spiro atoms. The largest absolute Gasteiger partial charge is 0.468 e. The molecule has 0 aliphatic rings. The van der Waals surface area contributed by atoms with Crippen molar-refractivity contribution in [3.63, 3.8) is 0 Å². The molecule has 0 aliphatic carbocycles. The minimum Gasteiger partial charge on any atom is -0.468 e. The molecule has 0 saturated heterocycles. The second kappa shape index (κ2) is 5.29. The van der Waals surface area contributed by atoms with Crippen molar-refractivity contribution in [2.45, 2.75) is 19.4 Å². The van der Waals surface area contributed by atoms with Crippen LogP contribution < -0.4 is 5.73 Å². The zero-order valence-corrected chi connectivity index (χ0v) is 9.36. The first kappa shape index (κ1) is 12.2. The van der Waals surface area contributed by atoms with Gasteiger partial charge in [0.25, 0.3) is 0 Å². The van der Waals surface area contributed by atoms with Crippen LogP contribution in [0.3, 0.4) is 0 Å². The standard InChI is InChI=1S/C12H14N2O2/c1-8-9(4-3-5-10(8)7-13)6-11(14)12(15)16-2/h3-5,11H,6,14H2,1-2H3/t11-/m0/s1. The topological polar surface area (TPSA) is 76.1 Å². The molecule has 16 heavy (non-hydrogen) atoms. The molecule has 84 valence electrons. The summed E-state index contributed by atoms with van der Waals surface area (Å²) in [5.41, 5.74) is 8.03. The number of carbonyl (C=O) groups is 1. The van der Waals surface area contributed by atoms with Crippen LogP contribution >= 0.6 is 0 Å². The van der Waals surface area contributed by atoms with Crippen molar-refractivity contribution in [1.29, 1.82) is 5.26 Å². The Morgan fingerprint density at radius 1 is 1.62 bits per heavy atom. The highest BCUT2D eigenvalue weighted by molar-refractivity contribution is 5.75. The summed E-state index contributed by atoms with van der Waals surface area (Å²) in [6.45, 7) is 1.85. The Kier molecular flexibility index (Phi) is 4.03. The molecule has 0 amide bonds. The number of benzene rings is 1. The van der Waals surface area contributed by atoms with Crippen LogP contribution in [0.5, 0.6) is 0 Å².